The van der Waals surface area contributed by atoms with E-state index in [9.17, 15) is 4.79 Å². The molecular weight excluding hydrogens is 513 g/mol. The Morgan fingerprint density at radius 2 is 1.94 bits per heavy atom. The first-order valence-electron chi connectivity index (χ1n) is 12.2. The maximum absolute atomic E-state index is 12.4. The van der Waals surface area contributed by atoms with Crippen LogP contribution in [0.15, 0.2) is 35.3 Å². The molecule has 2 aliphatic heterocycles. The van der Waals surface area contributed by atoms with E-state index >= 15 is 0 Å². The molecule has 0 aliphatic carbocycles. The molecular formula is C25H42IN5O. The molecule has 1 amide bonds. The summed E-state index contributed by atoms with van der Waals surface area (Å²) in [6.07, 6.45) is 8.02. The number of nitrogens with zero attached hydrogens (tertiary/aromatic N) is 3. The maximum atomic E-state index is 12.4. The van der Waals surface area contributed by atoms with Crippen LogP contribution < -0.4 is 10.6 Å². The van der Waals surface area contributed by atoms with E-state index in [1.807, 2.05) is 18.0 Å². The van der Waals surface area contributed by atoms with E-state index in [-0.39, 0.29) is 29.9 Å². The van der Waals surface area contributed by atoms with E-state index in [4.69, 9.17) is 0 Å². The summed E-state index contributed by atoms with van der Waals surface area (Å²) < 4.78 is 0. The fourth-order valence-corrected chi connectivity index (χ4v) is 4.71. The molecule has 2 atom stereocenters. The Morgan fingerprint density at radius 3 is 2.69 bits per heavy atom. The quantitative estimate of drug-likeness (QED) is 0.201. The first-order chi connectivity index (χ1) is 15.2. The number of amides is 1. The topological polar surface area (TPSA) is 60.0 Å². The molecule has 1 aromatic rings. The molecule has 32 heavy (non-hydrogen) atoms. The standard InChI is InChI=1S/C25H41N5O.HI/c1-21-10-6-8-15-29(21)16-9-7-14-27-25(26-2)28-19-23-18-24(31)30(20-23)17-13-22-11-4-3-5-12-22;/h3-5,11-12,21,23H,6-10,13-20H2,1-2H3,(H2,26,27,28);1H. The largest absolute Gasteiger partial charge is 0.356 e. The summed E-state index contributed by atoms with van der Waals surface area (Å²) in [5.74, 6) is 1.47. The van der Waals surface area contributed by atoms with Crippen molar-refractivity contribution >= 4 is 35.8 Å². The molecule has 2 aliphatic rings. The molecule has 2 unspecified atom stereocenters. The highest BCUT2D eigenvalue weighted by atomic mass is 127. The van der Waals surface area contributed by atoms with Crippen molar-refractivity contribution in [1.29, 1.82) is 0 Å². The van der Waals surface area contributed by atoms with Crippen LogP contribution in [0.5, 0.6) is 0 Å². The number of unbranched alkanes of at least 4 members (excludes halogenated alkanes) is 1. The van der Waals surface area contributed by atoms with Gasteiger partial charge in [0.15, 0.2) is 5.96 Å². The molecule has 1 aromatic carbocycles. The Morgan fingerprint density at radius 1 is 1.12 bits per heavy atom. The SMILES string of the molecule is CN=C(NCCCCN1CCCCC1C)NCC1CC(=O)N(CCc2ccccc2)C1.I. The minimum Gasteiger partial charge on any atom is -0.356 e. The van der Waals surface area contributed by atoms with E-state index in [1.54, 1.807) is 0 Å². The van der Waals surface area contributed by atoms with Gasteiger partial charge in [0.25, 0.3) is 0 Å². The van der Waals surface area contributed by atoms with Gasteiger partial charge in [-0.2, -0.15) is 0 Å². The number of carbonyl (C=O) groups excluding carboxylic acids is 1. The molecule has 3 rings (SSSR count). The van der Waals surface area contributed by atoms with Gasteiger partial charge in [-0.1, -0.05) is 36.8 Å². The molecule has 180 valence electrons. The lowest BCUT2D eigenvalue weighted by Crippen LogP contribution is -2.41. The van der Waals surface area contributed by atoms with Gasteiger partial charge in [0.2, 0.25) is 5.91 Å². The lowest BCUT2D eigenvalue weighted by Gasteiger charge is -2.33. The van der Waals surface area contributed by atoms with Crippen LogP contribution in [0.2, 0.25) is 0 Å². The molecule has 7 heteroatoms. The van der Waals surface area contributed by atoms with Crippen LogP contribution in [0.1, 0.15) is 51.0 Å². The zero-order valence-corrected chi connectivity index (χ0v) is 22.2. The lowest BCUT2D eigenvalue weighted by atomic mass is 10.0. The van der Waals surface area contributed by atoms with Crippen molar-refractivity contribution in [2.75, 3.05) is 46.3 Å². The summed E-state index contributed by atoms with van der Waals surface area (Å²) in [5, 5.41) is 6.86. The van der Waals surface area contributed by atoms with Crippen molar-refractivity contribution < 1.29 is 4.79 Å². The van der Waals surface area contributed by atoms with E-state index in [0.717, 1.165) is 51.0 Å². The Balaban J connectivity index is 0.00000363. The average molecular weight is 556 g/mol. The van der Waals surface area contributed by atoms with Crippen molar-refractivity contribution in [3.05, 3.63) is 35.9 Å². The molecule has 2 fully saturated rings. The second-order valence-corrected chi connectivity index (χ2v) is 9.11. The van der Waals surface area contributed by atoms with Crippen molar-refractivity contribution in [1.82, 2.24) is 20.4 Å². The summed E-state index contributed by atoms with van der Waals surface area (Å²) in [5.41, 5.74) is 1.29. The number of aliphatic imine (C=N–C) groups is 1. The summed E-state index contributed by atoms with van der Waals surface area (Å²) in [6, 6.07) is 11.1. The summed E-state index contributed by atoms with van der Waals surface area (Å²) in [4.78, 5) is 21.4. The van der Waals surface area contributed by atoms with Crippen LogP contribution in [0, 0.1) is 5.92 Å². The van der Waals surface area contributed by atoms with Gasteiger partial charge in [-0.25, -0.2) is 0 Å². The molecule has 0 saturated carbocycles. The second-order valence-electron chi connectivity index (χ2n) is 9.11. The number of likely N-dealkylation sites (tertiary alicyclic amines) is 2. The number of piperidine rings is 1. The first-order valence-corrected chi connectivity index (χ1v) is 12.2. The number of carbonyl (C=O) groups is 1. The fourth-order valence-electron chi connectivity index (χ4n) is 4.71. The number of halogens is 1. The molecule has 2 heterocycles. The molecule has 2 N–H and O–H groups in total. The predicted octanol–water partition coefficient (Wildman–Crippen LogP) is 3.52. The van der Waals surface area contributed by atoms with Crippen LogP contribution in [-0.4, -0.2) is 74.0 Å². The molecule has 2 saturated heterocycles. The van der Waals surface area contributed by atoms with E-state index < -0.39 is 0 Å². The summed E-state index contributed by atoms with van der Waals surface area (Å²) in [6.45, 7) is 8.21. The third-order valence-electron chi connectivity index (χ3n) is 6.69. The highest BCUT2D eigenvalue weighted by Gasteiger charge is 2.29. The van der Waals surface area contributed by atoms with Gasteiger partial charge < -0.3 is 20.4 Å². The van der Waals surface area contributed by atoms with Crippen molar-refractivity contribution in [3.8, 4) is 0 Å². The molecule has 0 radical (unpaired) electrons. The summed E-state index contributed by atoms with van der Waals surface area (Å²) >= 11 is 0. The van der Waals surface area contributed by atoms with Gasteiger partial charge in [-0.05, 0) is 57.7 Å². The van der Waals surface area contributed by atoms with Gasteiger partial charge in [0, 0.05) is 51.6 Å². The third kappa shape index (κ3) is 8.89. The van der Waals surface area contributed by atoms with Gasteiger partial charge >= 0.3 is 0 Å². The molecule has 0 bridgehead atoms. The maximum Gasteiger partial charge on any atom is 0.223 e. The Kier molecular flexibility index (Phi) is 12.4. The van der Waals surface area contributed by atoms with E-state index in [2.05, 4.69) is 51.7 Å². The van der Waals surface area contributed by atoms with E-state index in [1.165, 1.54) is 44.3 Å². The first kappa shape index (κ1) is 26.9. The summed E-state index contributed by atoms with van der Waals surface area (Å²) in [7, 11) is 1.82. The average Bonchev–Trinajstić information content (AvgIpc) is 3.15. The highest BCUT2D eigenvalue weighted by Crippen LogP contribution is 2.18. The van der Waals surface area contributed by atoms with Gasteiger partial charge in [-0.3, -0.25) is 9.79 Å². The molecule has 6 nitrogen and oxygen atoms in total. The monoisotopic (exact) mass is 555 g/mol. The highest BCUT2D eigenvalue weighted by molar-refractivity contribution is 14.0. The molecule has 0 spiro atoms. The number of hydrogen-bond acceptors (Lipinski definition) is 3. The Hall–Kier alpha value is -1.35. The normalized spacial score (nSPS) is 22.0. The second kappa shape index (κ2) is 14.7. The smallest absolute Gasteiger partial charge is 0.223 e. The fraction of sp³-hybridized carbons (Fsp3) is 0.680. The predicted molar refractivity (Wildman–Crippen MR) is 144 cm³/mol. The number of rotatable bonds is 10. The van der Waals surface area contributed by atoms with Crippen LogP contribution in [0.25, 0.3) is 0 Å². The van der Waals surface area contributed by atoms with Crippen molar-refractivity contribution in [2.24, 2.45) is 10.9 Å². The Labute approximate surface area is 211 Å². The van der Waals surface area contributed by atoms with E-state index in [0.29, 0.717) is 12.3 Å². The number of guanidine groups is 1. The van der Waals surface area contributed by atoms with Crippen molar-refractivity contribution in [3.63, 3.8) is 0 Å². The third-order valence-corrected chi connectivity index (χ3v) is 6.69. The van der Waals surface area contributed by atoms with Crippen LogP contribution in [0.3, 0.4) is 0 Å². The number of benzene rings is 1. The lowest BCUT2D eigenvalue weighted by molar-refractivity contribution is -0.127. The zero-order valence-electron chi connectivity index (χ0n) is 19.9. The van der Waals surface area contributed by atoms with Gasteiger partial charge in [0.1, 0.15) is 0 Å². The minimum atomic E-state index is 0. The molecule has 0 aromatic heterocycles. The number of hydrogen-bond donors (Lipinski definition) is 2. The van der Waals surface area contributed by atoms with Crippen LogP contribution >= 0.6 is 24.0 Å². The number of nitrogens with one attached hydrogen (secondary N) is 2. The Bertz CT molecular complexity index is 699. The van der Waals surface area contributed by atoms with Crippen molar-refractivity contribution in [2.45, 2.75) is 57.9 Å². The van der Waals surface area contributed by atoms with Crippen LogP contribution in [-0.2, 0) is 11.2 Å². The van der Waals surface area contributed by atoms with Crippen LogP contribution in [0.4, 0.5) is 0 Å². The zero-order chi connectivity index (χ0) is 21.9. The minimum absolute atomic E-state index is 0. The van der Waals surface area contributed by atoms with Gasteiger partial charge in [0.05, 0.1) is 0 Å². The van der Waals surface area contributed by atoms with Gasteiger partial charge in [-0.15, -0.1) is 24.0 Å².